The third kappa shape index (κ3) is 4.55. The molecule has 7 nitrogen and oxygen atoms in total. The fourth-order valence-electron chi connectivity index (χ4n) is 1.68. The van der Waals surface area contributed by atoms with Gasteiger partial charge in [-0.3, -0.25) is 9.59 Å². The number of hydrogen-bond acceptors (Lipinski definition) is 6. The number of anilines is 1. The first-order chi connectivity index (χ1) is 11.2. The van der Waals surface area contributed by atoms with Crippen LogP contribution in [0.4, 0.5) is 18.3 Å². The molecule has 0 atom stereocenters. The van der Waals surface area contributed by atoms with Crippen LogP contribution in [0.25, 0.3) is 10.2 Å². The molecule has 0 unspecified atom stereocenters. The summed E-state index contributed by atoms with van der Waals surface area (Å²) in [4.78, 5) is 27.1. The number of benzene rings is 1. The molecule has 0 aliphatic heterocycles. The van der Waals surface area contributed by atoms with E-state index >= 15 is 0 Å². The van der Waals surface area contributed by atoms with Crippen LogP contribution in [0.3, 0.4) is 0 Å². The third-order valence-corrected chi connectivity index (χ3v) is 3.83. The number of hydrogen-bond donors (Lipinski definition) is 2. The third-order valence-electron chi connectivity index (χ3n) is 2.81. The Morgan fingerprint density at radius 1 is 1.42 bits per heavy atom. The van der Waals surface area contributed by atoms with Gasteiger partial charge in [-0.1, -0.05) is 18.3 Å². The van der Waals surface area contributed by atoms with E-state index in [-0.39, 0.29) is 24.0 Å². The zero-order valence-corrected chi connectivity index (χ0v) is 13.2. The number of carbonyl (C=O) groups excluding carboxylic acids is 2. The van der Waals surface area contributed by atoms with Crippen LogP contribution in [0.1, 0.15) is 13.3 Å². The SMILES string of the molecule is CCC(=O)NCC(=O)N(N)c1nc2ccc(OC(F)(F)F)cc2s1. The van der Waals surface area contributed by atoms with Gasteiger partial charge in [0, 0.05) is 12.5 Å². The maximum Gasteiger partial charge on any atom is 0.573 e. The number of thiazole rings is 1. The molecule has 0 spiro atoms. The predicted molar refractivity (Wildman–Crippen MR) is 81.3 cm³/mol. The molecule has 0 aliphatic rings. The highest BCUT2D eigenvalue weighted by molar-refractivity contribution is 7.22. The number of aromatic nitrogens is 1. The van der Waals surface area contributed by atoms with Crippen molar-refractivity contribution in [2.75, 3.05) is 11.6 Å². The molecule has 0 radical (unpaired) electrons. The van der Waals surface area contributed by atoms with Crippen molar-refractivity contribution in [3.63, 3.8) is 0 Å². The van der Waals surface area contributed by atoms with Crippen LogP contribution in [0.5, 0.6) is 5.75 Å². The van der Waals surface area contributed by atoms with Crippen molar-refractivity contribution < 1.29 is 27.5 Å². The summed E-state index contributed by atoms with van der Waals surface area (Å²) in [7, 11) is 0. The Kier molecular flexibility index (Phi) is 5.24. The van der Waals surface area contributed by atoms with Gasteiger partial charge < -0.3 is 10.1 Å². The maximum absolute atomic E-state index is 12.2. The van der Waals surface area contributed by atoms with Crippen molar-refractivity contribution in [3.8, 4) is 5.75 Å². The first-order valence-electron chi connectivity index (χ1n) is 6.70. The second-order valence-electron chi connectivity index (χ2n) is 4.57. The Hall–Kier alpha value is -2.40. The lowest BCUT2D eigenvalue weighted by Gasteiger charge is -2.13. The van der Waals surface area contributed by atoms with E-state index in [2.05, 4.69) is 15.0 Å². The first-order valence-corrected chi connectivity index (χ1v) is 7.52. The number of amides is 2. The van der Waals surface area contributed by atoms with Gasteiger partial charge in [0.15, 0.2) is 0 Å². The predicted octanol–water partition coefficient (Wildman–Crippen LogP) is 1.93. The Labute approximate surface area is 138 Å². The Balaban J connectivity index is 2.14. The van der Waals surface area contributed by atoms with E-state index in [0.29, 0.717) is 10.2 Å². The highest BCUT2D eigenvalue weighted by Crippen LogP contribution is 2.32. The standard InChI is InChI=1S/C13H13F3N4O3S/c1-2-10(21)18-6-11(22)20(17)12-19-8-4-3-7(5-9(8)24-12)23-13(14,15)16/h3-5H,2,6,17H2,1H3,(H,18,21). The number of halogens is 3. The molecule has 1 aromatic carbocycles. The molecule has 1 aromatic heterocycles. The second kappa shape index (κ2) is 7.01. The minimum absolute atomic E-state index is 0.0879. The van der Waals surface area contributed by atoms with Gasteiger partial charge in [-0.05, 0) is 12.1 Å². The summed E-state index contributed by atoms with van der Waals surface area (Å²) in [5, 5.41) is 3.20. The number of carbonyl (C=O) groups is 2. The van der Waals surface area contributed by atoms with E-state index < -0.39 is 18.0 Å². The number of fused-ring (bicyclic) bond motifs is 1. The average Bonchev–Trinajstić information content (AvgIpc) is 2.92. The van der Waals surface area contributed by atoms with Gasteiger partial charge in [-0.15, -0.1) is 13.2 Å². The van der Waals surface area contributed by atoms with E-state index in [1.165, 1.54) is 6.07 Å². The lowest BCUT2D eigenvalue weighted by molar-refractivity contribution is -0.274. The number of nitrogens with two attached hydrogens (primary N) is 1. The summed E-state index contributed by atoms with van der Waals surface area (Å²) in [6.45, 7) is 1.33. The molecule has 24 heavy (non-hydrogen) atoms. The Bertz CT molecular complexity index is 762. The molecule has 0 fully saturated rings. The lowest BCUT2D eigenvalue weighted by Crippen LogP contribution is -2.44. The minimum Gasteiger partial charge on any atom is -0.406 e. The zero-order valence-electron chi connectivity index (χ0n) is 12.4. The minimum atomic E-state index is -4.80. The topological polar surface area (TPSA) is 97.6 Å². The fourth-order valence-corrected chi connectivity index (χ4v) is 2.62. The average molecular weight is 362 g/mol. The molecular formula is C13H13F3N4O3S. The molecule has 2 amide bonds. The van der Waals surface area contributed by atoms with E-state index in [4.69, 9.17) is 5.84 Å². The molecule has 0 aliphatic carbocycles. The van der Waals surface area contributed by atoms with E-state index in [1.807, 2.05) is 0 Å². The normalized spacial score (nSPS) is 11.4. The lowest BCUT2D eigenvalue weighted by atomic mass is 10.3. The highest BCUT2D eigenvalue weighted by Gasteiger charge is 2.31. The van der Waals surface area contributed by atoms with Gasteiger partial charge in [0.25, 0.3) is 5.91 Å². The maximum atomic E-state index is 12.2. The van der Waals surface area contributed by atoms with Gasteiger partial charge in [-0.2, -0.15) is 0 Å². The number of hydrazine groups is 1. The Morgan fingerprint density at radius 2 is 2.12 bits per heavy atom. The van der Waals surface area contributed by atoms with Gasteiger partial charge in [0.2, 0.25) is 11.0 Å². The molecule has 2 aromatic rings. The fraction of sp³-hybridized carbons (Fsp3) is 0.308. The van der Waals surface area contributed by atoms with Crippen LogP contribution in [0.15, 0.2) is 18.2 Å². The molecule has 3 N–H and O–H groups in total. The van der Waals surface area contributed by atoms with E-state index in [0.717, 1.165) is 28.5 Å². The summed E-state index contributed by atoms with van der Waals surface area (Å²) < 4.78 is 40.8. The summed E-state index contributed by atoms with van der Waals surface area (Å²) >= 11 is 0.923. The number of ether oxygens (including phenoxy) is 1. The van der Waals surface area contributed by atoms with Crippen molar-refractivity contribution in [2.45, 2.75) is 19.7 Å². The Morgan fingerprint density at radius 3 is 2.75 bits per heavy atom. The van der Waals surface area contributed by atoms with Crippen LogP contribution in [-0.4, -0.2) is 29.7 Å². The van der Waals surface area contributed by atoms with Crippen LogP contribution in [0, 0.1) is 0 Å². The van der Waals surface area contributed by atoms with E-state index in [9.17, 15) is 22.8 Å². The van der Waals surface area contributed by atoms with Crippen molar-refractivity contribution in [1.82, 2.24) is 10.3 Å². The summed E-state index contributed by atoms with van der Waals surface area (Å²) in [5.74, 6) is 4.33. The highest BCUT2D eigenvalue weighted by atomic mass is 32.1. The molecule has 11 heteroatoms. The monoisotopic (exact) mass is 362 g/mol. The van der Waals surface area contributed by atoms with E-state index in [1.54, 1.807) is 6.92 Å². The molecule has 2 rings (SSSR count). The van der Waals surface area contributed by atoms with Crippen molar-refractivity contribution >= 4 is 38.5 Å². The van der Waals surface area contributed by atoms with Crippen LogP contribution >= 0.6 is 11.3 Å². The van der Waals surface area contributed by atoms with Gasteiger partial charge in [-0.25, -0.2) is 15.8 Å². The molecule has 0 bridgehead atoms. The van der Waals surface area contributed by atoms with Crippen LogP contribution in [-0.2, 0) is 9.59 Å². The smallest absolute Gasteiger partial charge is 0.406 e. The molecule has 0 saturated heterocycles. The van der Waals surface area contributed by atoms with Crippen LogP contribution < -0.4 is 20.9 Å². The summed E-state index contributed by atoms with van der Waals surface area (Å²) in [6.07, 6.45) is -4.57. The number of nitrogens with zero attached hydrogens (tertiary/aromatic N) is 2. The summed E-state index contributed by atoms with van der Waals surface area (Å²) in [6, 6.07) is 3.60. The van der Waals surface area contributed by atoms with Crippen molar-refractivity contribution in [3.05, 3.63) is 18.2 Å². The quantitative estimate of drug-likeness (QED) is 0.481. The zero-order chi connectivity index (χ0) is 17.9. The second-order valence-corrected chi connectivity index (χ2v) is 5.58. The van der Waals surface area contributed by atoms with Crippen LogP contribution in [0.2, 0.25) is 0 Å². The summed E-state index contributed by atoms with van der Waals surface area (Å²) in [5.41, 5.74) is 0.366. The largest absolute Gasteiger partial charge is 0.573 e. The van der Waals surface area contributed by atoms with Gasteiger partial charge in [0.05, 0.1) is 16.8 Å². The molecule has 1 heterocycles. The number of nitrogens with one attached hydrogen (secondary N) is 1. The molecule has 130 valence electrons. The van der Waals surface area contributed by atoms with Crippen molar-refractivity contribution in [1.29, 1.82) is 0 Å². The van der Waals surface area contributed by atoms with Crippen molar-refractivity contribution in [2.24, 2.45) is 5.84 Å². The van der Waals surface area contributed by atoms with Gasteiger partial charge >= 0.3 is 6.36 Å². The number of rotatable bonds is 5. The first kappa shape index (κ1) is 17.9. The molecular weight excluding hydrogens is 349 g/mol. The van der Waals surface area contributed by atoms with Gasteiger partial charge in [0.1, 0.15) is 5.75 Å². The number of alkyl halides is 3. The molecule has 0 saturated carbocycles.